The molecule has 1 aliphatic rings. The number of hydrogen-bond acceptors (Lipinski definition) is 2. The third-order valence-electron chi connectivity index (χ3n) is 4.55. The monoisotopic (exact) mass is 308 g/mol. The quantitative estimate of drug-likeness (QED) is 0.942. The normalized spacial score (nSPS) is 14.9. The van der Waals surface area contributed by atoms with Gasteiger partial charge in [0.2, 0.25) is 5.91 Å². The number of hydrogen-bond donors (Lipinski definition) is 1. The number of nitrogens with two attached hydrogens (primary N) is 1. The first kappa shape index (κ1) is 15.8. The molecule has 23 heavy (non-hydrogen) atoms. The number of fused-ring (bicyclic) bond motifs is 1. The number of benzene rings is 2. The Morgan fingerprint density at radius 3 is 2.26 bits per heavy atom. The summed E-state index contributed by atoms with van der Waals surface area (Å²) < 4.78 is 0. The molecule has 3 nitrogen and oxygen atoms in total. The van der Waals surface area contributed by atoms with Crippen molar-refractivity contribution in [2.75, 3.05) is 0 Å². The van der Waals surface area contributed by atoms with Crippen LogP contribution in [0.2, 0.25) is 0 Å². The molecule has 2 N–H and O–H groups in total. The fourth-order valence-corrected chi connectivity index (χ4v) is 3.10. The van der Waals surface area contributed by atoms with Crippen LogP contribution in [0.15, 0.2) is 42.5 Å². The van der Waals surface area contributed by atoms with E-state index in [1.54, 1.807) is 0 Å². The summed E-state index contributed by atoms with van der Waals surface area (Å²) in [4.78, 5) is 14.1. The molecule has 2 aromatic carbocycles. The molecule has 1 atom stereocenters. The Kier molecular flexibility index (Phi) is 4.22. The van der Waals surface area contributed by atoms with Gasteiger partial charge in [0, 0.05) is 19.0 Å². The van der Waals surface area contributed by atoms with Crippen molar-refractivity contribution in [2.24, 2.45) is 11.7 Å². The lowest BCUT2D eigenvalue weighted by molar-refractivity contribution is -0.135. The van der Waals surface area contributed by atoms with Gasteiger partial charge in [-0.15, -0.1) is 0 Å². The smallest absolute Gasteiger partial charge is 0.225 e. The van der Waals surface area contributed by atoms with Crippen molar-refractivity contribution in [3.05, 3.63) is 70.3 Å². The highest BCUT2D eigenvalue weighted by atomic mass is 16.2. The zero-order valence-corrected chi connectivity index (χ0v) is 14.0. The molecule has 0 radical (unpaired) electrons. The third kappa shape index (κ3) is 3.15. The maximum Gasteiger partial charge on any atom is 0.225 e. The molecule has 0 saturated heterocycles. The van der Waals surface area contributed by atoms with Crippen molar-refractivity contribution in [2.45, 2.75) is 39.9 Å². The fourth-order valence-electron chi connectivity index (χ4n) is 3.10. The second-order valence-corrected chi connectivity index (χ2v) is 6.77. The Balaban J connectivity index is 1.82. The molecule has 0 fully saturated rings. The molecule has 0 saturated carbocycles. The lowest BCUT2D eigenvalue weighted by atomic mass is 9.96. The predicted octanol–water partition coefficient (Wildman–Crippen LogP) is 3.54. The highest BCUT2D eigenvalue weighted by Crippen LogP contribution is 2.28. The van der Waals surface area contributed by atoms with E-state index in [-0.39, 0.29) is 17.9 Å². The zero-order chi connectivity index (χ0) is 16.6. The molecule has 1 unspecified atom stereocenters. The van der Waals surface area contributed by atoms with E-state index < -0.39 is 0 Å². The molecule has 0 bridgehead atoms. The summed E-state index contributed by atoms with van der Waals surface area (Å²) in [5.74, 6) is 0.254. The molecular formula is C20H24N2O. The first-order chi connectivity index (χ1) is 11.0. The average Bonchev–Trinajstić information content (AvgIpc) is 2.97. The second-order valence-electron chi connectivity index (χ2n) is 6.77. The number of rotatable bonds is 3. The predicted molar refractivity (Wildman–Crippen MR) is 92.7 cm³/mol. The average molecular weight is 308 g/mol. The van der Waals surface area contributed by atoms with Crippen LogP contribution in [0.5, 0.6) is 0 Å². The number of nitrogens with zero attached hydrogens (tertiary/aromatic N) is 1. The summed E-state index contributed by atoms with van der Waals surface area (Å²) in [5, 5.41) is 0. The highest BCUT2D eigenvalue weighted by molar-refractivity contribution is 5.78. The minimum absolute atomic E-state index is 0.0404. The van der Waals surface area contributed by atoms with Gasteiger partial charge < -0.3 is 10.6 Å². The van der Waals surface area contributed by atoms with Crippen LogP contribution in [0.25, 0.3) is 0 Å². The topological polar surface area (TPSA) is 46.3 Å². The maximum atomic E-state index is 12.2. The fraction of sp³-hybridized carbons (Fsp3) is 0.350. The first-order valence-electron chi connectivity index (χ1n) is 8.18. The Labute approximate surface area is 138 Å². The van der Waals surface area contributed by atoms with Crippen LogP contribution in [-0.4, -0.2) is 10.8 Å². The number of amides is 1. The summed E-state index contributed by atoms with van der Waals surface area (Å²) in [6.07, 6.45) is 0. The standard InChI is InChI=1S/C20H24N2O/c1-13(2)20(23)22-11-17-9-8-16(10-18(17)12-22)19(21)15-6-4-14(3)5-7-15/h4-10,13,19H,11-12,21H2,1-3H3. The minimum atomic E-state index is -0.129. The summed E-state index contributed by atoms with van der Waals surface area (Å²) in [6, 6.07) is 14.6. The van der Waals surface area contributed by atoms with E-state index in [9.17, 15) is 4.79 Å². The van der Waals surface area contributed by atoms with Crippen LogP contribution < -0.4 is 5.73 Å². The van der Waals surface area contributed by atoms with Crippen LogP contribution in [0.1, 0.15) is 47.7 Å². The van der Waals surface area contributed by atoms with E-state index in [1.165, 1.54) is 16.7 Å². The second kappa shape index (κ2) is 6.17. The summed E-state index contributed by atoms with van der Waals surface area (Å²) >= 11 is 0. The summed E-state index contributed by atoms with van der Waals surface area (Å²) in [5.41, 5.74) is 12.3. The van der Waals surface area contributed by atoms with Crippen LogP contribution >= 0.6 is 0 Å². The molecule has 0 spiro atoms. The van der Waals surface area contributed by atoms with Gasteiger partial charge in [0.25, 0.3) is 0 Å². The molecule has 0 aromatic heterocycles. The van der Waals surface area contributed by atoms with E-state index in [4.69, 9.17) is 5.73 Å². The number of carbonyl (C=O) groups excluding carboxylic acids is 1. The van der Waals surface area contributed by atoms with Gasteiger partial charge >= 0.3 is 0 Å². The number of aryl methyl sites for hydroxylation is 1. The van der Waals surface area contributed by atoms with Crippen LogP contribution in [0.3, 0.4) is 0 Å². The van der Waals surface area contributed by atoms with Crippen molar-refractivity contribution >= 4 is 5.91 Å². The van der Waals surface area contributed by atoms with Gasteiger partial charge in [-0.05, 0) is 29.2 Å². The Bertz CT molecular complexity index is 719. The summed E-state index contributed by atoms with van der Waals surface area (Å²) in [6.45, 7) is 7.38. The van der Waals surface area contributed by atoms with Crippen molar-refractivity contribution in [3.63, 3.8) is 0 Å². The largest absolute Gasteiger partial charge is 0.334 e. The van der Waals surface area contributed by atoms with Crippen molar-refractivity contribution < 1.29 is 4.79 Å². The van der Waals surface area contributed by atoms with E-state index in [0.29, 0.717) is 13.1 Å². The van der Waals surface area contributed by atoms with Gasteiger partial charge in [-0.1, -0.05) is 61.9 Å². The minimum Gasteiger partial charge on any atom is -0.334 e. The van der Waals surface area contributed by atoms with E-state index in [0.717, 1.165) is 11.1 Å². The Morgan fingerprint density at radius 2 is 1.61 bits per heavy atom. The maximum absolute atomic E-state index is 12.2. The van der Waals surface area contributed by atoms with Gasteiger partial charge in [-0.3, -0.25) is 4.79 Å². The molecule has 2 aromatic rings. The van der Waals surface area contributed by atoms with Crippen molar-refractivity contribution in [3.8, 4) is 0 Å². The lowest BCUT2D eigenvalue weighted by Crippen LogP contribution is -2.29. The Morgan fingerprint density at radius 1 is 1.00 bits per heavy atom. The van der Waals surface area contributed by atoms with Gasteiger partial charge in [-0.2, -0.15) is 0 Å². The summed E-state index contributed by atoms with van der Waals surface area (Å²) in [7, 11) is 0. The van der Waals surface area contributed by atoms with Crippen molar-refractivity contribution in [1.82, 2.24) is 4.90 Å². The molecule has 120 valence electrons. The number of carbonyl (C=O) groups is 1. The SMILES string of the molecule is Cc1ccc(C(N)c2ccc3c(c2)CN(C(=O)C(C)C)C3)cc1. The molecule has 1 aliphatic heterocycles. The van der Waals surface area contributed by atoms with E-state index >= 15 is 0 Å². The highest BCUT2D eigenvalue weighted by Gasteiger charge is 2.25. The molecular weight excluding hydrogens is 284 g/mol. The van der Waals surface area contributed by atoms with Gasteiger partial charge in [0.05, 0.1) is 6.04 Å². The van der Waals surface area contributed by atoms with Crippen LogP contribution in [0.4, 0.5) is 0 Å². The van der Waals surface area contributed by atoms with Crippen LogP contribution in [0, 0.1) is 12.8 Å². The Hall–Kier alpha value is -2.13. The van der Waals surface area contributed by atoms with Gasteiger partial charge in [-0.25, -0.2) is 0 Å². The molecule has 0 aliphatic carbocycles. The first-order valence-corrected chi connectivity index (χ1v) is 8.18. The molecule has 1 heterocycles. The zero-order valence-electron chi connectivity index (χ0n) is 14.0. The molecule has 3 heteroatoms. The van der Waals surface area contributed by atoms with Gasteiger partial charge in [0.1, 0.15) is 0 Å². The third-order valence-corrected chi connectivity index (χ3v) is 4.55. The van der Waals surface area contributed by atoms with E-state index in [2.05, 4.69) is 49.4 Å². The van der Waals surface area contributed by atoms with Crippen molar-refractivity contribution in [1.29, 1.82) is 0 Å². The molecule has 3 rings (SSSR count). The molecule has 1 amide bonds. The van der Waals surface area contributed by atoms with E-state index in [1.807, 2.05) is 18.7 Å². The van der Waals surface area contributed by atoms with Gasteiger partial charge in [0.15, 0.2) is 0 Å². The lowest BCUT2D eigenvalue weighted by Gasteiger charge is -2.17. The van der Waals surface area contributed by atoms with Crippen LogP contribution in [-0.2, 0) is 17.9 Å².